The molecule has 0 amide bonds. The molecule has 0 aliphatic carbocycles. The van der Waals surface area contributed by atoms with Crippen molar-refractivity contribution >= 4 is 28.3 Å². The molecule has 3 nitrogen and oxygen atoms in total. The van der Waals surface area contributed by atoms with E-state index in [2.05, 4.69) is 15.9 Å². The van der Waals surface area contributed by atoms with Crippen LogP contribution >= 0.6 is 28.3 Å². The highest BCUT2D eigenvalue weighted by Gasteiger charge is 2.25. The van der Waals surface area contributed by atoms with Crippen molar-refractivity contribution in [3.05, 3.63) is 28.0 Å². The van der Waals surface area contributed by atoms with Crippen molar-refractivity contribution in [2.45, 2.75) is 18.9 Å². The standard InChI is InChI=1S/C12H15BrFNO2.ClH/c13-10-9(14)2-1-8(12(10)16)11(15)7-3-5-17-6-4-7;/h1-2,7,11,16H,3-6,15H2;1H/t11-;/m0./s1. The van der Waals surface area contributed by atoms with E-state index >= 15 is 0 Å². The first kappa shape index (κ1) is 15.7. The van der Waals surface area contributed by atoms with Crippen LogP contribution in [0.25, 0.3) is 0 Å². The second-order valence-electron chi connectivity index (χ2n) is 4.27. The van der Waals surface area contributed by atoms with Crippen LogP contribution in [-0.2, 0) is 4.74 Å². The number of phenols is 1. The molecule has 1 fully saturated rings. The summed E-state index contributed by atoms with van der Waals surface area (Å²) in [6.07, 6.45) is 1.74. The maximum absolute atomic E-state index is 13.2. The van der Waals surface area contributed by atoms with Gasteiger partial charge < -0.3 is 15.6 Å². The summed E-state index contributed by atoms with van der Waals surface area (Å²) in [6.45, 7) is 1.39. The molecule has 102 valence electrons. The number of phenolic OH excluding ortho intramolecular Hbond substituents is 1. The van der Waals surface area contributed by atoms with Crippen LogP contribution < -0.4 is 5.73 Å². The Bertz CT molecular complexity index is 413. The largest absolute Gasteiger partial charge is 0.506 e. The Balaban J connectivity index is 0.00000162. The van der Waals surface area contributed by atoms with E-state index < -0.39 is 5.82 Å². The quantitative estimate of drug-likeness (QED) is 0.869. The molecule has 1 heterocycles. The zero-order chi connectivity index (χ0) is 12.4. The van der Waals surface area contributed by atoms with Gasteiger partial charge in [-0.1, -0.05) is 6.07 Å². The monoisotopic (exact) mass is 339 g/mol. The number of halogens is 3. The van der Waals surface area contributed by atoms with Gasteiger partial charge in [0.05, 0.1) is 4.47 Å². The molecule has 1 atom stereocenters. The fraction of sp³-hybridized carbons (Fsp3) is 0.500. The zero-order valence-electron chi connectivity index (χ0n) is 9.73. The molecule has 2 rings (SSSR count). The lowest BCUT2D eigenvalue weighted by molar-refractivity contribution is 0.0581. The number of rotatable bonds is 2. The number of aromatic hydroxyl groups is 1. The summed E-state index contributed by atoms with van der Waals surface area (Å²) in [7, 11) is 0. The molecule has 3 N–H and O–H groups in total. The molecule has 6 heteroatoms. The first-order valence-corrected chi connectivity index (χ1v) is 6.40. The molecular formula is C12H16BrClFNO2. The number of benzene rings is 1. The number of hydrogen-bond acceptors (Lipinski definition) is 3. The summed E-state index contributed by atoms with van der Waals surface area (Å²) in [5, 5.41) is 9.88. The van der Waals surface area contributed by atoms with E-state index in [9.17, 15) is 9.50 Å². The minimum atomic E-state index is -0.481. The summed E-state index contributed by atoms with van der Waals surface area (Å²) in [5.41, 5.74) is 6.72. The van der Waals surface area contributed by atoms with Gasteiger partial charge in [-0.25, -0.2) is 4.39 Å². The van der Waals surface area contributed by atoms with Gasteiger partial charge in [-0.3, -0.25) is 0 Å². The summed E-state index contributed by atoms with van der Waals surface area (Å²) in [6, 6.07) is 2.59. The maximum Gasteiger partial charge on any atom is 0.141 e. The highest BCUT2D eigenvalue weighted by atomic mass is 79.9. The minimum Gasteiger partial charge on any atom is -0.506 e. The molecule has 1 aromatic carbocycles. The molecule has 1 saturated heterocycles. The Morgan fingerprint density at radius 3 is 2.61 bits per heavy atom. The van der Waals surface area contributed by atoms with Crippen molar-refractivity contribution in [2.24, 2.45) is 11.7 Å². The smallest absolute Gasteiger partial charge is 0.141 e. The molecule has 0 aromatic heterocycles. The average Bonchev–Trinajstić information content (AvgIpc) is 2.36. The fourth-order valence-corrected chi connectivity index (χ4v) is 2.51. The second-order valence-corrected chi connectivity index (χ2v) is 5.07. The van der Waals surface area contributed by atoms with Crippen LogP contribution in [0.5, 0.6) is 5.75 Å². The maximum atomic E-state index is 13.2. The lowest BCUT2D eigenvalue weighted by Gasteiger charge is -2.28. The van der Waals surface area contributed by atoms with Gasteiger partial charge in [-0.05, 0) is 40.8 Å². The normalized spacial score (nSPS) is 18.2. The lowest BCUT2D eigenvalue weighted by atomic mass is 9.87. The van der Waals surface area contributed by atoms with Crippen LogP contribution in [0, 0.1) is 11.7 Å². The van der Waals surface area contributed by atoms with Crippen LogP contribution in [0.3, 0.4) is 0 Å². The van der Waals surface area contributed by atoms with E-state index in [0.717, 1.165) is 12.8 Å². The minimum absolute atomic E-state index is 0. The van der Waals surface area contributed by atoms with Gasteiger partial charge in [0.1, 0.15) is 11.6 Å². The Labute approximate surface area is 120 Å². The van der Waals surface area contributed by atoms with E-state index in [-0.39, 0.29) is 34.6 Å². The third-order valence-corrected chi connectivity index (χ3v) is 3.99. The van der Waals surface area contributed by atoms with Crippen molar-refractivity contribution in [2.75, 3.05) is 13.2 Å². The van der Waals surface area contributed by atoms with Gasteiger partial charge in [0.15, 0.2) is 0 Å². The number of hydrogen-bond donors (Lipinski definition) is 2. The highest BCUT2D eigenvalue weighted by Crippen LogP contribution is 2.37. The van der Waals surface area contributed by atoms with Crippen molar-refractivity contribution in [3.63, 3.8) is 0 Å². The molecule has 0 radical (unpaired) electrons. The van der Waals surface area contributed by atoms with Crippen LogP contribution in [-0.4, -0.2) is 18.3 Å². The van der Waals surface area contributed by atoms with Crippen molar-refractivity contribution < 1.29 is 14.2 Å². The third kappa shape index (κ3) is 3.15. The highest BCUT2D eigenvalue weighted by molar-refractivity contribution is 9.10. The Hall–Kier alpha value is -0.360. The second kappa shape index (κ2) is 6.70. The molecule has 18 heavy (non-hydrogen) atoms. The molecule has 0 spiro atoms. The molecular weight excluding hydrogens is 324 g/mol. The fourth-order valence-electron chi connectivity index (χ4n) is 2.15. The summed E-state index contributed by atoms with van der Waals surface area (Å²) in [5.74, 6) is -0.304. The predicted octanol–water partition coefficient (Wildman–Crippen LogP) is 3.14. The third-order valence-electron chi connectivity index (χ3n) is 3.23. The number of ether oxygens (including phenoxy) is 1. The Kier molecular flexibility index (Phi) is 5.85. The summed E-state index contributed by atoms with van der Waals surface area (Å²) < 4.78 is 18.6. The molecule has 1 aliphatic heterocycles. The first-order valence-electron chi connectivity index (χ1n) is 5.61. The molecule has 0 saturated carbocycles. The molecule has 1 aromatic rings. The van der Waals surface area contributed by atoms with E-state index in [4.69, 9.17) is 10.5 Å². The van der Waals surface area contributed by atoms with E-state index in [1.807, 2.05) is 0 Å². The summed E-state index contributed by atoms with van der Waals surface area (Å²) in [4.78, 5) is 0. The van der Waals surface area contributed by atoms with Crippen molar-refractivity contribution in [3.8, 4) is 5.75 Å². The first-order chi connectivity index (χ1) is 8.11. The van der Waals surface area contributed by atoms with Crippen LogP contribution in [0.4, 0.5) is 4.39 Å². The molecule has 1 aliphatic rings. The van der Waals surface area contributed by atoms with E-state index in [1.54, 1.807) is 6.07 Å². The Morgan fingerprint density at radius 2 is 2.00 bits per heavy atom. The summed E-state index contributed by atoms with van der Waals surface area (Å²) >= 11 is 3.02. The van der Waals surface area contributed by atoms with Crippen molar-refractivity contribution in [1.82, 2.24) is 0 Å². The predicted molar refractivity (Wildman–Crippen MR) is 73.5 cm³/mol. The van der Waals surface area contributed by atoms with Gasteiger partial charge in [0.2, 0.25) is 0 Å². The van der Waals surface area contributed by atoms with Crippen LogP contribution in [0.1, 0.15) is 24.4 Å². The van der Waals surface area contributed by atoms with Gasteiger partial charge in [0, 0.05) is 24.8 Å². The van der Waals surface area contributed by atoms with E-state index in [0.29, 0.717) is 18.8 Å². The van der Waals surface area contributed by atoms with Crippen LogP contribution in [0.2, 0.25) is 0 Å². The van der Waals surface area contributed by atoms with Gasteiger partial charge in [-0.15, -0.1) is 12.4 Å². The molecule has 0 bridgehead atoms. The van der Waals surface area contributed by atoms with Gasteiger partial charge in [-0.2, -0.15) is 0 Å². The van der Waals surface area contributed by atoms with Crippen LogP contribution in [0.15, 0.2) is 16.6 Å². The SMILES string of the molecule is Cl.N[C@H](c1ccc(F)c(Br)c1O)C1CCOCC1. The lowest BCUT2D eigenvalue weighted by Crippen LogP contribution is -2.27. The van der Waals surface area contributed by atoms with E-state index in [1.165, 1.54) is 6.07 Å². The van der Waals surface area contributed by atoms with Gasteiger partial charge in [0.25, 0.3) is 0 Å². The number of nitrogens with two attached hydrogens (primary N) is 1. The van der Waals surface area contributed by atoms with Crippen molar-refractivity contribution in [1.29, 1.82) is 0 Å². The molecule has 0 unspecified atom stereocenters. The topological polar surface area (TPSA) is 55.5 Å². The Morgan fingerprint density at radius 1 is 1.39 bits per heavy atom. The van der Waals surface area contributed by atoms with Gasteiger partial charge >= 0.3 is 0 Å². The average molecular weight is 341 g/mol. The zero-order valence-corrected chi connectivity index (χ0v) is 12.1.